The molecule has 5 heteroatoms. The highest BCUT2D eigenvalue weighted by atomic mass is 16.7. The van der Waals surface area contributed by atoms with Gasteiger partial charge in [-0.25, -0.2) is 0 Å². The van der Waals surface area contributed by atoms with Crippen molar-refractivity contribution in [1.82, 2.24) is 5.06 Å². The first-order valence-corrected chi connectivity index (χ1v) is 5.88. The first-order valence-electron chi connectivity index (χ1n) is 5.88. The number of hydrogen-bond donors (Lipinski definition) is 1. The van der Waals surface area contributed by atoms with Crippen molar-refractivity contribution in [2.24, 2.45) is 0 Å². The molecule has 1 N–H and O–H groups in total. The molecule has 0 aromatic heterocycles. The Balaban J connectivity index is 2.57. The lowest BCUT2D eigenvalue weighted by molar-refractivity contribution is -0.247. The maximum atomic E-state index is 12.1. The van der Waals surface area contributed by atoms with E-state index in [0.717, 1.165) is 11.5 Å². The molecular weight excluding hydrogens is 234 g/mol. The van der Waals surface area contributed by atoms with Crippen molar-refractivity contribution < 1.29 is 19.5 Å². The summed E-state index contributed by atoms with van der Waals surface area (Å²) in [5.41, 5.74) is -0.422. The average molecular weight is 251 g/mol. The Morgan fingerprint density at radius 3 is 2.67 bits per heavy atom. The number of benzene rings is 1. The smallest absolute Gasteiger partial charge is 0.280 e. The summed E-state index contributed by atoms with van der Waals surface area (Å²) >= 11 is 0. The second-order valence-electron chi connectivity index (χ2n) is 4.26. The Hall–Kier alpha value is -1.59. The number of nitrogens with zero attached hydrogens (tertiary/aromatic N) is 1. The van der Waals surface area contributed by atoms with Gasteiger partial charge in [0.15, 0.2) is 5.72 Å². The highest BCUT2D eigenvalue weighted by molar-refractivity contribution is 5.99. The molecule has 0 radical (unpaired) electrons. The second-order valence-corrected chi connectivity index (χ2v) is 4.26. The third-order valence-corrected chi connectivity index (χ3v) is 3.19. The molecule has 98 valence electrons. The van der Waals surface area contributed by atoms with E-state index in [1.807, 2.05) is 6.92 Å². The summed E-state index contributed by atoms with van der Waals surface area (Å²) in [5.74, 6) is 0.278. The molecule has 1 aliphatic heterocycles. The number of hydroxylamine groups is 2. The van der Waals surface area contributed by atoms with Crippen LogP contribution in [0.5, 0.6) is 5.75 Å². The predicted octanol–water partition coefficient (Wildman–Crippen LogP) is 1.66. The number of rotatable bonds is 4. The van der Waals surface area contributed by atoms with Gasteiger partial charge in [-0.15, -0.1) is 0 Å². The van der Waals surface area contributed by atoms with E-state index in [4.69, 9.17) is 9.57 Å². The van der Waals surface area contributed by atoms with E-state index in [9.17, 15) is 9.90 Å². The first kappa shape index (κ1) is 12.9. The largest absolute Gasteiger partial charge is 0.497 e. The molecule has 0 aliphatic carbocycles. The van der Waals surface area contributed by atoms with Gasteiger partial charge in [0.05, 0.1) is 19.8 Å². The molecule has 1 heterocycles. The number of methoxy groups -OCH3 is 1. The zero-order valence-corrected chi connectivity index (χ0v) is 10.8. The van der Waals surface area contributed by atoms with Crippen molar-refractivity contribution in [3.63, 3.8) is 0 Å². The van der Waals surface area contributed by atoms with Gasteiger partial charge in [-0.2, -0.15) is 5.06 Å². The summed E-state index contributed by atoms with van der Waals surface area (Å²) in [6.45, 7) is 1.94. The Bertz CT molecular complexity index is 474. The summed E-state index contributed by atoms with van der Waals surface area (Å²) in [6.07, 6.45) is 1.13. The average Bonchev–Trinajstić information content (AvgIpc) is 2.58. The normalized spacial score (nSPS) is 22.2. The zero-order chi connectivity index (χ0) is 13.3. The van der Waals surface area contributed by atoms with Crippen LogP contribution in [-0.2, 0) is 10.6 Å². The van der Waals surface area contributed by atoms with E-state index in [0.29, 0.717) is 23.3 Å². The van der Waals surface area contributed by atoms with Gasteiger partial charge in [0.1, 0.15) is 5.75 Å². The number of amides is 1. The molecule has 0 saturated heterocycles. The lowest BCUT2D eigenvalue weighted by Crippen LogP contribution is -2.42. The quantitative estimate of drug-likeness (QED) is 0.884. The minimum atomic E-state index is -1.41. The number of fused-ring (bicyclic) bond motifs is 1. The second kappa shape index (κ2) is 4.59. The molecule has 0 saturated carbocycles. The molecule has 2 rings (SSSR count). The van der Waals surface area contributed by atoms with Gasteiger partial charge in [-0.3, -0.25) is 9.63 Å². The van der Waals surface area contributed by atoms with Gasteiger partial charge in [0.2, 0.25) is 0 Å². The summed E-state index contributed by atoms with van der Waals surface area (Å²) in [5, 5.41) is 11.7. The van der Waals surface area contributed by atoms with Gasteiger partial charge in [0, 0.05) is 12.0 Å². The first-order chi connectivity index (χ1) is 8.58. The van der Waals surface area contributed by atoms with Gasteiger partial charge in [0.25, 0.3) is 5.91 Å². The maximum Gasteiger partial charge on any atom is 0.280 e. The molecule has 1 amide bonds. The van der Waals surface area contributed by atoms with Crippen molar-refractivity contribution >= 4 is 5.91 Å². The van der Waals surface area contributed by atoms with E-state index >= 15 is 0 Å². The molecule has 0 spiro atoms. The van der Waals surface area contributed by atoms with Crippen LogP contribution in [0, 0.1) is 0 Å². The standard InChI is InChI=1S/C13H17NO4/c1-4-7-13(16)11-8-9(17-2)5-6-10(11)12(15)14(13)18-3/h5-6,8,16H,4,7H2,1-3H3. The SMILES string of the molecule is CCCC1(O)c2cc(OC)ccc2C(=O)N1OC. The molecule has 1 unspecified atom stereocenters. The van der Waals surface area contributed by atoms with Crippen LogP contribution >= 0.6 is 0 Å². The highest BCUT2D eigenvalue weighted by Crippen LogP contribution is 2.41. The summed E-state index contributed by atoms with van der Waals surface area (Å²) in [4.78, 5) is 17.2. The van der Waals surface area contributed by atoms with Crippen LogP contribution < -0.4 is 4.74 Å². The van der Waals surface area contributed by atoms with Gasteiger partial charge >= 0.3 is 0 Å². The minimum Gasteiger partial charge on any atom is -0.497 e. The number of ether oxygens (including phenoxy) is 1. The van der Waals surface area contributed by atoms with E-state index in [1.165, 1.54) is 7.11 Å². The molecule has 1 aromatic carbocycles. The molecule has 1 atom stereocenters. The lowest BCUT2D eigenvalue weighted by atomic mass is 9.97. The van der Waals surface area contributed by atoms with E-state index in [-0.39, 0.29) is 5.91 Å². The number of carbonyl (C=O) groups excluding carboxylic acids is 1. The predicted molar refractivity (Wildman–Crippen MR) is 65.0 cm³/mol. The Kier molecular flexibility index (Phi) is 3.28. The monoisotopic (exact) mass is 251 g/mol. The van der Waals surface area contributed by atoms with Crippen LogP contribution in [0.1, 0.15) is 35.7 Å². The van der Waals surface area contributed by atoms with Crippen molar-refractivity contribution in [1.29, 1.82) is 0 Å². The highest BCUT2D eigenvalue weighted by Gasteiger charge is 2.49. The summed E-state index contributed by atoms with van der Waals surface area (Å²) in [7, 11) is 2.92. The van der Waals surface area contributed by atoms with Crippen LogP contribution in [-0.4, -0.2) is 30.3 Å². The minimum absolute atomic E-state index is 0.328. The Morgan fingerprint density at radius 1 is 1.39 bits per heavy atom. The van der Waals surface area contributed by atoms with Gasteiger partial charge < -0.3 is 9.84 Å². The molecule has 1 aromatic rings. The van der Waals surface area contributed by atoms with Crippen molar-refractivity contribution in [3.8, 4) is 5.75 Å². The van der Waals surface area contributed by atoms with Crippen LogP contribution in [0.3, 0.4) is 0 Å². The summed E-state index contributed by atoms with van der Waals surface area (Å²) in [6, 6.07) is 5.03. The van der Waals surface area contributed by atoms with Crippen molar-refractivity contribution in [2.45, 2.75) is 25.5 Å². The number of hydrogen-bond acceptors (Lipinski definition) is 4. The van der Waals surface area contributed by atoms with E-state index in [2.05, 4.69) is 0 Å². The van der Waals surface area contributed by atoms with Crippen LogP contribution in [0.25, 0.3) is 0 Å². The molecule has 5 nitrogen and oxygen atoms in total. The zero-order valence-electron chi connectivity index (χ0n) is 10.8. The fraction of sp³-hybridized carbons (Fsp3) is 0.462. The molecular formula is C13H17NO4. The summed E-state index contributed by atoms with van der Waals surface area (Å²) < 4.78 is 5.13. The molecule has 1 aliphatic rings. The topological polar surface area (TPSA) is 59.0 Å². The van der Waals surface area contributed by atoms with Crippen molar-refractivity contribution in [2.75, 3.05) is 14.2 Å². The number of carbonyl (C=O) groups is 1. The third-order valence-electron chi connectivity index (χ3n) is 3.19. The Labute approximate surface area is 106 Å². The number of aliphatic hydroxyl groups is 1. The fourth-order valence-corrected chi connectivity index (χ4v) is 2.37. The molecule has 18 heavy (non-hydrogen) atoms. The molecule has 0 fully saturated rings. The molecule has 0 bridgehead atoms. The van der Waals surface area contributed by atoms with Crippen LogP contribution in [0.15, 0.2) is 18.2 Å². The van der Waals surface area contributed by atoms with Crippen LogP contribution in [0.2, 0.25) is 0 Å². The Morgan fingerprint density at radius 2 is 2.11 bits per heavy atom. The van der Waals surface area contributed by atoms with E-state index in [1.54, 1.807) is 25.3 Å². The van der Waals surface area contributed by atoms with Gasteiger partial charge in [-0.05, 0) is 18.2 Å². The fourth-order valence-electron chi connectivity index (χ4n) is 2.37. The third kappa shape index (κ3) is 1.67. The van der Waals surface area contributed by atoms with Gasteiger partial charge in [-0.1, -0.05) is 13.3 Å². The van der Waals surface area contributed by atoms with Crippen LogP contribution in [0.4, 0.5) is 0 Å². The van der Waals surface area contributed by atoms with E-state index < -0.39 is 5.72 Å². The maximum absolute atomic E-state index is 12.1. The van der Waals surface area contributed by atoms with Crippen molar-refractivity contribution in [3.05, 3.63) is 29.3 Å². The lowest BCUT2D eigenvalue weighted by Gasteiger charge is -2.31.